The Kier molecular flexibility index (Phi) is 4.90. The summed E-state index contributed by atoms with van der Waals surface area (Å²) in [5.74, 6) is 0.307. The lowest BCUT2D eigenvalue weighted by atomic mass is 10.2. The van der Waals surface area contributed by atoms with Crippen LogP contribution in [0.4, 0.5) is 0 Å². The normalized spacial score (nSPS) is 22.8. The number of ether oxygens (including phenoxy) is 1. The molecule has 1 atom stereocenters. The van der Waals surface area contributed by atoms with Gasteiger partial charge in [0.15, 0.2) is 0 Å². The maximum absolute atomic E-state index is 7.09. The topological polar surface area (TPSA) is 62.3 Å². The minimum absolute atomic E-state index is 0.307. The molecule has 4 heteroatoms. The molecular formula is C10H21N3O. The zero-order valence-corrected chi connectivity index (χ0v) is 8.96. The highest BCUT2D eigenvalue weighted by Crippen LogP contribution is 2.12. The third kappa shape index (κ3) is 4.07. The van der Waals surface area contributed by atoms with E-state index in [1.807, 2.05) is 0 Å². The number of hydrogen-bond donors (Lipinski definition) is 2. The van der Waals surface area contributed by atoms with Crippen LogP contribution in [0.3, 0.4) is 0 Å². The maximum Gasteiger partial charge on any atom is 0.0905 e. The van der Waals surface area contributed by atoms with Gasteiger partial charge in [0, 0.05) is 26.6 Å². The average molecular weight is 199 g/mol. The van der Waals surface area contributed by atoms with Gasteiger partial charge in [0.2, 0.25) is 0 Å². The lowest BCUT2D eigenvalue weighted by Gasteiger charge is -2.14. The predicted octanol–water partition coefficient (Wildman–Crippen LogP) is 0.813. The molecule has 0 amide bonds. The van der Waals surface area contributed by atoms with Crippen molar-refractivity contribution in [2.45, 2.75) is 31.8 Å². The molecule has 0 saturated carbocycles. The number of hydrogen-bond acceptors (Lipinski definition) is 3. The van der Waals surface area contributed by atoms with Crippen LogP contribution in [-0.2, 0) is 4.74 Å². The summed E-state index contributed by atoms with van der Waals surface area (Å²) < 4.78 is 5.29. The Morgan fingerprint density at radius 1 is 1.57 bits per heavy atom. The van der Waals surface area contributed by atoms with Crippen LogP contribution in [0.15, 0.2) is 0 Å². The van der Waals surface area contributed by atoms with Gasteiger partial charge >= 0.3 is 0 Å². The molecule has 1 aliphatic heterocycles. The van der Waals surface area contributed by atoms with E-state index in [0.717, 1.165) is 45.3 Å². The maximum atomic E-state index is 7.09. The molecule has 1 unspecified atom stereocenters. The summed E-state index contributed by atoms with van der Waals surface area (Å²) in [4.78, 5) is 2.42. The van der Waals surface area contributed by atoms with Gasteiger partial charge in [-0.3, -0.25) is 5.41 Å². The van der Waals surface area contributed by atoms with Crippen molar-refractivity contribution in [2.75, 3.05) is 26.7 Å². The van der Waals surface area contributed by atoms with Crippen LogP contribution < -0.4 is 5.73 Å². The van der Waals surface area contributed by atoms with E-state index in [2.05, 4.69) is 4.90 Å². The summed E-state index contributed by atoms with van der Waals surface area (Å²) in [6.07, 6.45) is 4.49. The largest absolute Gasteiger partial charge is 0.388 e. The van der Waals surface area contributed by atoms with Crippen LogP contribution in [-0.4, -0.2) is 43.6 Å². The molecule has 0 aromatic heterocycles. The van der Waals surface area contributed by atoms with Crippen molar-refractivity contribution >= 4 is 5.84 Å². The summed E-state index contributed by atoms with van der Waals surface area (Å²) in [5, 5.41) is 7.09. The summed E-state index contributed by atoms with van der Waals surface area (Å²) >= 11 is 0. The smallest absolute Gasteiger partial charge is 0.0905 e. The molecule has 1 rings (SSSR count). The number of unbranched alkanes of at least 4 members (excludes halogenated alkanes) is 1. The minimum Gasteiger partial charge on any atom is -0.388 e. The molecule has 1 heterocycles. The fraction of sp³-hybridized carbons (Fsp3) is 0.900. The molecule has 14 heavy (non-hydrogen) atoms. The molecule has 1 saturated heterocycles. The Labute approximate surface area is 85.9 Å². The lowest BCUT2D eigenvalue weighted by Crippen LogP contribution is -2.24. The van der Waals surface area contributed by atoms with Gasteiger partial charge < -0.3 is 15.4 Å². The van der Waals surface area contributed by atoms with E-state index in [1.165, 1.54) is 0 Å². The van der Waals surface area contributed by atoms with Gasteiger partial charge in [0.05, 0.1) is 11.9 Å². The zero-order valence-electron chi connectivity index (χ0n) is 8.96. The Morgan fingerprint density at radius 3 is 2.93 bits per heavy atom. The standard InChI is InChI=1S/C10H21N3O/c1-14-9-5-7-13(8-9)6-3-2-4-10(11)12/h9H,2-8H2,1H3,(H3,11,12). The lowest BCUT2D eigenvalue weighted by molar-refractivity contribution is 0.108. The number of nitrogens with two attached hydrogens (primary N) is 1. The average Bonchev–Trinajstić information content (AvgIpc) is 2.60. The molecule has 1 fully saturated rings. The summed E-state index contributed by atoms with van der Waals surface area (Å²) in [6.45, 7) is 3.34. The fourth-order valence-electron chi connectivity index (χ4n) is 1.84. The quantitative estimate of drug-likeness (QED) is 0.378. The molecule has 3 N–H and O–H groups in total. The minimum atomic E-state index is 0.307. The van der Waals surface area contributed by atoms with Gasteiger partial charge in [-0.25, -0.2) is 0 Å². The van der Waals surface area contributed by atoms with Gasteiger partial charge in [-0.2, -0.15) is 0 Å². The highest BCUT2D eigenvalue weighted by atomic mass is 16.5. The first-order valence-corrected chi connectivity index (χ1v) is 5.30. The van der Waals surface area contributed by atoms with E-state index in [9.17, 15) is 0 Å². The van der Waals surface area contributed by atoms with Crippen molar-refractivity contribution in [1.29, 1.82) is 5.41 Å². The van der Waals surface area contributed by atoms with Crippen molar-refractivity contribution in [3.8, 4) is 0 Å². The first kappa shape index (κ1) is 11.5. The van der Waals surface area contributed by atoms with Crippen molar-refractivity contribution in [1.82, 2.24) is 4.90 Å². The highest BCUT2D eigenvalue weighted by Gasteiger charge is 2.20. The van der Waals surface area contributed by atoms with E-state index in [1.54, 1.807) is 7.11 Å². The first-order valence-electron chi connectivity index (χ1n) is 5.30. The van der Waals surface area contributed by atoms with Crippen molar-refractivity contribution in [3.63, 3.8) is 0 Å². The van der Waals surface area contributed by atoms with E-state index >= 15 is 0 Å². The van der Waals surface area contributed by atoms with Crippen molar-refractivity contribution in [2.24, 2.45) is 5.73 Å². The monoisotopic (exact) mass is 199 g/mol. The molecule has 1 aliphatic rings. The second-order valence-electron chi connectivity index (χ2n) is 3.93. The third-order valence-corrected chi connectivity index (χ3v) is 2.73. The highest BCUT2D eigenvalue weighted by molar-refractivity contribution is 5.76. The van der Waals surface area contributed by atoms with Gasteiger partial charge in [-0.1, -0.05) is 0 Å². The van der Waals surface area contributed by atoms with Gasteiger partial charge in [-0.15, -0.1) is 0 Å². The van der Waals surface area contributed by atoms with Crippen LogP contribution in [0.2, 0.25) is 0 Å². The van der Waals surface area contributed by atoms with Gasteiger partial charge in [0.25, 0.3) is 0 Å². The number of nitrogens with one attached hydrogen (secondary N) is 1. The Morgan fingerprint density at radius 2 is 2.36 bits per heavy atom. The SMILES string of the molecule is COC1CCN(CCCCC(=N)N)C1. The number of amidine groups is 1. The molecule has 0 aromatic rings. The molecule has 4 nitrogen and oxygen atoms in total. The van der Waals surface area contributed by atoms with Crippen LogP contribution in [0.25, 0.3) is 0 Å². The van der Waals surface area contributed by atoms with Crippen LogP contribution in [0, 0.1) is 5.41 Å². The van der Waals surface area contributed by atoms with Gasteiger partial charge in [-0.05, 0) is 25.8 Å². The summed E-state index contributed by atoms with van der Waals surface area (Å²) in [5.41, 5.74) is 5.28. The molecule has 0 spiro atoms. The molecule has 0 aromatic carbocycles. The van der Waals surface area contributed by atoms with E-state index in [0.29, 0.717) is 11.9 Å². The predicted molar refractivity (Wildman–Crippen MR) is 57.6 cm³/mol. The second kappa shape index (κ2) is 5.98. The number of nitrogens with zero attached hydrogens (tertiary/aromatic N) is 1. The van der Waals surface area contributed by atoms with Crippen molar-refractivity contribution < 1.29 is 4.74 Å². The second-order valence-corrected chi connectivity index (χ2v) is 3.93. The van der Waals surface area contributed by atoms with E-state index in [-0.39, 0.29) is 0 Å². The summed E-state index contributed by atoms with van der Waals surface area (Å²) in [6, 6.07) is 0. The van der Waals surface area contributed by atoms with Gasteiger partial charge in [0.1, 0.15) is 0 Å². The van der Waals surface area contributed by atoms with Crippen LogP contribution in [0.5, 0.6) is 0 Å². The molecule has 82 valence electrons. The molecular weight excluding hydrogens is 178 g/mol. The van der Waals surface area contributed by atoms with Crippen LogP contribution in [0.1, 0.15) is 25.7 Å². The Balaban J connectivity index is 2.00. The van der Waals surface area contributed by atoms with Crippen molar-refractivity contribution in [3.05, 3.63) is 0 Å². The van der Waals surface area contributed by atoms with E-state index < -0.39 is 0 Å². The first-order chi connectivity index (χ1) is 6.72. The molecule has 0 bridgehead atoms. The summed E-state index contributed by atoms with van der Waals surface area (Å²) in [7, 11) is 1.78. The molecule has 0 radical (unpaired) electrons. The third-order valence-electron chi connectivity index (χ3n) is 2.73. The Bertz CT molecular complexity index is 184. The molecule has 0 aliphatic carbocycles. The zero-order chi connectivity index (χ0) is 10.4. The van der Waals surface area contributed by atoms with E-state index in [4.69, 9.17) is 15.9 Å². The fourth-order valence-corrected chi connectivity index (χ4v) is 1.84. The number of likely N-dealkylation sites (tertiary alicyclic amines) is 1. The number of methoxy groups -OCH3 is 1. The van der Waals surface area contributed by atoms with Crippen LogP contribution >= 0.6 is 0 Å². The number of rotatable bonds is 6. The Hall–Kier alpha value is -0.610.